The molecule has 1 aromatic rings. The number of nitrogens with one attached hydrogen (secondary N) is 2. The molecule has 0 saturated carbocycles. The van der Waals surface area contributed by atoms with Crippen molar-refractivity contribution in [2.75, 3.05) is 24.3 Å². The summed E-state index contributed by atoms with van der Waals surface area (Å²) in [6.07, 6.45) is -1.20. The number of hydrogen-bond acceptors (Lipinski definition) is 12. The molecule has 1 aromatic heterocycles. The normalized spacial score (nSPS) is 19.5. The molecule has 1 saturated heterocycles. The van der Waals surface area contributed by atoms with Crippen molar-refractivity contribution in [2.24, 2.45) is 5.73 Å². The zero-order valence-corrected chi connectivity index (χ0v) is 20.2. The van der Waals surface area contributed by atoms with Crippen LogP contribution < -0.4 is 16.4 Å². The van der Waals surface area contributed by atoms with E-state index in [1.54, 1.807) is 0 Å². The lowest BCUT2D eigenvalue weighted by Crippen LogP contribution is -2.70. The fraction of sp³-hybridized carbons (Fsp3) is 0.421. The van der Waals surface area contributed by atoms with Gasteiger partial charge in [-0.3, -0.25) is 29.4 Å². The van der Waals surface area contributed by atoms with Crippen molar-refractivity contribution in [1.82, 2.24) is 15.2 Å². The summed E-state index contributed by atoms with van der Waals surface area (Å²) < 4.78 is 9.54. The molecule has 3 rings (SSSR count). The standard InChI is InChI=1S/C19H21N5O10S2/c1-7(25)33-3-8-5-35-15-12(14(27)24(15)13(8)17(30)31)22-11(26)2-9-6-36-18(21-9)23-19(32)34-4-10(20)16(28)29/h6,10,12,15H,2-5,20H2,1H3,(H,22,26)(H,28,29)(H,30,31)(H,21,23,32)/t10-,12-,15+/m1/s1. The fourth-order valence-electron chi connectivity index (χ4n) is 3.18. The van der Waals surface area contributed by atoms with Crippen LogP contribution in [0.1, 0.15) is 12.6 Å². The second-order valence-corrected chi connectivity index (χ2v) is 9.44. The van der Waals surface area contributed by atoms with Crippen molar-refractivity contribution in [3.8, 4) is 0 Å². The highest BCUT2D eigenvalue weighted by molar-refractivity contribution is 8.00. The Hall–Kier alpha value is -3.70. The number of esters is 1. The largest absolute Gasteiger partial charge is 0.480 e. The average Bonchev–Trinajstić information content (AvgIpc) is 3.24. The van der Waals surface area contributed by atoms with Gasteiger partial charge in [-0.25, -0.2) is 14.6 Å². The molecule has 17 heteroatoms. The van der Waals surface area contributed by atoms with Gasteiger partial charge in [-0.1, -0.05) is 0 Å². The van der Waals surface area contributed by atoms with Gasteiger partial charge in [0.05, 0.1) is 12.1 Å². The number of thiazole rings is 1. The van der Waals surface area contributed by atoms with Gasteiger partial charge in [0.25, 0.3) is 5.91 Å². The number of ether oxygens (including phenoxy) is 2. The van der Waals surface area contributed by atoms with Gasteiger partial charge in [0.2, 0.25) is 5.91 Å². The molecular weight excluding hydrogens is 522 g/mol. The highest BCUT2D eigenvalue weighted by atomic mass is 32.2. The van der Waals surface area contributed by atoms with Crippen LogP contribution in [0.4, 0.5) is 9.93 Å². The van der Waals surface area contributed by atoms with Crippen molar-refractivity contribution in [3.05, 3.63) is 22.3 Å². The van der Waals surface area contributed by atoms with E-state index in [-0.39, 0.29) is 40.9 Å². The number of rotatable bonds is 10. The van der Waals surface area contributed by atoms with Crippen LogP contribution in [0.15, 0.2) is 16.7 Å². The summed E-state index contributed by atoms with van der Waals surface area (Å²) in [5.74, 6) is -4.22. The van der Waals surface area contributed by atoms with Crippen molar-refractivity contribution in [1.29, 1.82) is 0 Å². The van der Waals surface area contributed by atoms with E-state index in [0.717, 1.165) is 16.2 Å². The van der Waals surface area contributed by atoms with Gasteiger partial charge in [-0.15, -0.1) is 23.1 Å². The van der Waals surface area contributed by atoms with Gasteiger partial charge in [0.15, 0.2) is 5.13 Å². The maximum Gasteiger partial charge on any atom is 0.413 e. The average molecular weight is 544 g/mol. The number of hydrogen-bond donors (Lipinski definition) is 5. The lowest BCUT2D eigenvalue weighted by Gasteiger charge is -2.49. The number of nitrogens with zero attached hydrogens (tertiary/aromatic N) is 2. The van der Waals surface area contributed by atoms with Crippen LogP contribution in [0.5, 0.6) is 0 Å². The smallest absolute Gasteiger partial charge is 0.413 e. The molecule has 0 radical (unpaired) electrons. The molecule has 1 fully saturated rings. The minimum absolute atomic E-state index is 0.0944. The predicted octanol–water partition coefficient (Wildman–Crippen LogP) is -1.05. The number of carboxylic acids is 2. The van der Waals surface area contributed by atoms with Crippen molar-refractivity contribution in [2.45, 2.75) is 30.8 Å². The van der Waals surface area contributed by atoms with Gasteiger partial charge in [-0.2, -0.15) is 0 Å². The molecule has 0 aromatic carbocycles. The number of anilines is 1. The SMILES string of the molecule is CC(=O)OCC1=C(C(=O)O)N2C(=O)[C@@H](NC(=O)Cc3csc(NC(=O)OC[C@@H](N)C(=O)O)n3)[C@@H]2SC1. The number of aliphatic carboxylic acids is 2. The first-order valence-corrected chi connectivity index (χ1v) is 12.1. The summed E-state index contributed by atoms with van der Waals surface area (Å²) in [6.45, 7) is 0.389. The maximum atomic E-state index is 12.6. The van der Waals surface area contributed by atoms with E-state index in [1.165, 1.54) is 24.1 Å². The van der Waals surface area contributed by atoms with E-state index in [4.69, 9.17) is 15.6 Å². The van der Waals surface area contributed by atoms with Crippen LogP contribution in [0.3, 0.4) is 0 Å². The second kappa shape index (κ2) is 11.4. The number of carboxylic acid groups (broad SMARTS) is 2. The van der Waals surface area contributed by atoms with Crippen LogP contribution in [0.2, 0.25) is 0 Å². The van der Waals surface area contributed by atoms with E-state index in [2.05, 4.69) is 20.4 Å². The Morgan fingerprint density at radius 3 is 2.64 bits per heavy atom. The van der Waals surface area contributed by atoms with Gasteiger partial charge in [0.1, 0.15) is 36.4 Å². The van der Waals surface area contributed by atoms with Crippen molar-refractivity contribution in [3.63, 3.8) is 0 Å². The molecule has 6 N–H and O–H groups in total. The lowest BCUT2D eigenvalue weighted by molar-refractivity contribution is -0.151. The molecule has 0 aliphatic carbocycles. The Balaban J connectivity index is 1.53. The van der Waals surface area contributed by atoms with Gasteiger partial charge >= 0.3 is 24.0 Å². The Kier molecular flexibility index (Phi) is 8.49. The van der Waals surface area contributed by atoms with Gasteiger partial charge < -0.3 is 30.7 Å². The molecule has 0 bridgehead atoms. The first-order valence-electron chi connectivity index (χ1n) is 10.2. The Bertz CT molecular complexity index is 1140. The zero-order chi connectivity index (χ0) is 26.6. The Morgan fingerprint density at radius 1 is 1.28 bits per heavy atom. The molecule has 194 valence electrons. The molecule has 3 atom stereocenters. The molecular formula is C19H21N5O10S2. The molecule has 36 heavy (non-hydrogen) atoms. The van der Waals surface area contributed by atoms with E-state index in [9.17, 15) is 33.9 Å². The van der Waals surface area contributed by atoms with Crippen LogP contribution in [0, 0.1) is 0 Å². The van der Waals surface area contributed by atoms with Gasteiger partial charge in [0, 0.05) is 23.6 Å². The molecule has 2 aliphatic heterocycles. The van der Waals surface area contributed by atoms with Crippen LogP contribution in [0.25, 0.3) is 0 Å². The minimum atomic E-state index is -1.37. The summed E-state index contributed by atoms with van der Waals surface area (Å²) >= 11 is 2.22. The van der Waals surface area contributed by atoms with E-state index < -0.39 is 59.9 Å². The number of aromatic nitrogens is 1. The third-order valence-corrected chi connectivity index (χ3v) is 6.98. The number of carbonyl (C=O) groups is 6. The highest BCUT2D eigenvalue weighted by Gasteiger charge is 2.54. The van der Waals surface area contributed by atoms with Crippen LogP contribution >= 0.6 is 23.1 Å². The number of thioether (sulfide) groups is 1. The first kappa shape index (κ1) is 26.9. The summed E-state index contributed by atoms with van der Waals surface area (Å²) in [4.78, 5) is 75.3. The second-order valence-electron chi connectivity index (χ2n) is 7.48. The summed E-state index contributed by atoms with van der Waals surface area (Å²) in [5, 5.41) is 24.0. The lowest BCUT2D eigenvalue weighted by atomic mass is 10.0. The predicted molar refractivity (Wildman–Crippen MR) is 123 cm³/mol. The highest BCUT2D eigenvalue weighted by Crippen LogP contribution is 2.40. The topological polar surface area (TPSA) is 228 Å². The number of amides is 3. The van der Waals surface area contributed by atoms with Crippen LogP contribution in [-0.4, -0.2) is 92.3 Å². The summed E-state index contributed by atoms with van der Waals surface area (Å²) in [5.41, 5.74) is 5.54. The number of nitrogens with two attached hydrogens (primary N) is 1. The van der Waals surface area contributed by atoms with Crippen molar-refractivity contribution >= 4 is 64.0 Å². The Labute approximate surface area is 211 Å². The maximum absolute atomic E-state index is 12.6. The van der Waals surface area contributed by atoms with E-state index in [0.29, 0.717) is 0 Å². The minimum Gasteiger partial charge on any atom is -0.480 e. The molecule has 15 nitrogen and oxygen atoms in total. The van der Waals surface area contributed by atoms with E-state index >= 15 is 0 Å². The van der Waals surface area contributed by atoms with Gasteiger partial charge in [-0.05, 0) is 0 Å². The summed E-state index contributed by atoms with van der Waals surface area (Å²) in [7, 11) is 0. The van der Waals surface area contributed by atoms with E-state index in [1.807, 2.05) is 0 Å². The third-order valence-electron chi connectivity index (χ3n) is 4.83. The monoisotopic (exact) mass is 543 g/mol. The first-order chi connectivity index (χ1) is 17.0. The summed E-state index contributed by atoms with van der Waals surface area (Å²) in [6, 6.07) is -2.32. The zero-order valence-electron chi connectivity index (χ0n) is 18.6. The molecule has 2 aliphatic rings. The number of β-lactam (4-membered cyclic amide) rings is 1. The van der Waals surface area contributed by atoms with Crippen molar-refractivity contribution < 1.29 is 48.5 Å². The molecule has 3 amide bonds. The molecule has 0 spiro atoms. The molecule has 0 unspecified atom stereocenters. The third kappa shape index (κ3) is 6.29. The number of carbonyl (C=O) groups excluding carboxylic acids is 4. The fourth-order valence-corrected chi connectivity index (χ4v) is 5.20. The number of fused-ring (bicyclic) bond motifs is 1. The Morgan fingerprint density at radius 2 is 2.00 bits per heavy atom. The quantitative estimate of drug-likeness (QED) is 0.175. The van der Waals surface area contributed by atoms with Crippen LogP contribution in [-0.2, 0) is 39.9 Å². The molecule has 3 heterocycles.